The van der Waals surface area contributed by atoms with Crippen molar-refractivity contribution < 1.29 is 24.8 Å². The van der Waals surface area contributed by atoms with E-state index in [0.29, 0.717) is 0 Å². The molecule has 5 nitrogen and oxygen atoms in total. The molecule has 0 aromatic rings. The zero-order valence-corrected chi connectivity index (χ0v) is 7.32. The number of aliphatic carboxylic acids is 1. The van der Waals surface area contributed by atoms with Gasteiger partial charge in [0, 0.05) is 5.57 Å². The third-order valence-corrected chi connectivity index (χ3v) is 0.778. The summed E-state index contributed by atoms with van der Waals surface area (Å²) in [5.41, 5.74) is 0.176. The van der Waals surface area contributed by atoms with E-state index in [1.165, 1.54) is 13.0 Å². The lowest BCUT2D eigenvalue weighted by atomic mass is 10.4. The van der Waals surface area contributed by atoms with Crippen LogP contribution >= 0.6 is 0 Å². The Kier molecular flexibility index (Phi) is 9.09. The van der Waals surface area contributed by atoms with Gasteiger partial charge in [0.2, 0.25) is 0 Å². The van der Waals surface area contributed by atoms with Crippen molar-refractivity contribution >= 4 is 11.9 Å². The first-order valence-electron chi connectivity index (χ1n) is 3.29. The number of hydrogen-bond donors (Lipinski definition) is 2. The average molecular weight is 188 g/mol. The van der Waals surface area contributed by atoms with Gasteiger partial charge in [0.25, 0.3) is 0 Å². The highest BCUT2D eigenvalue weighted by Crippen LogP contribution is 1.81. The van der Waals surface area contributed by atoms with Crippen LogP contribution in [0.25, 0.3) is 0 Å². The molecule has 0 aromatic carbocycles. The summed E-state index contributed by atoms with van der Waals surface area (Å²) in [5.74, 6) is -1.62. The second-order valence-electron chi connectivity index (χ2n) is 2.04. The van der Waals surface area contributed by atoms with Crippen LogP contribution in [-0.2, 0) is 14.5 Å². The predicted molar refractivity (Wildman–Crippen MR) is 46.0 cm³/mol. The normalized spacial score (nSPS) is 7.54. The van der Waals surface area contributed by atoms with Crippen molar-refractivity contribution in [3.63, 3.8) is 0 Å². The summed E-state index contributed by atoms with van der Waals surface area (Å²) in [6.07, 6.45) is 1.40. The Morgan fingerprint density at radius 2 is 1.92 bits per heavy atom. The predicted octanol–water partition coefficient (Wildman–Crippen LogP) is 1.23. The Balaban J connectivity index is 0. The first-order valence-corrected chi connectivity index (χ1v) is 3.29. The first kappa shape index (κ1) is 13.9. The molecule has 0 rings (SSSR count). The Hall–Kier alpha value is -1.62. The lowest BCUT2D eigenvalue weighted by Gasteiger charge is -1.84. The van der Waals surface area contributed by atoms with Gasteiger partial charge in [0.15, 0.2) is 0 Å². The molecule has 0 aliphatic carbocycles. The molecule has 5 heteroatoms. The van der Waals surface area contributed by atoms with Crippen molar-refractivity contribution in [1.82, 2.24) is 0 Å². The molecule has 13 heavy (non-hydrogen) atoms. The van der Waals surface area contributed by atoms with Crippen molar-refractivity contribution in [2.45, 2.75) is 13.3 Å². The number of carbonyl (C=O) groups excluding carboxylic acids is 1. The molecule has 0 aliphatic rings. The van der Waals surface area contributed by atoms with Gasteiger partial charge < -0.3 is 9.99 Å². The summed E-state index contributed by atoms with van der Waals surface area (Å²) in [6, 6.07) is 0. The molecule has 0 unspecified atom stereocenters. The fourth-order valence-electron chi connectivity index (χ4n) is 0.155. The van der Waals surface area contributed by atoms with E-state index in [0.717, 1.165) is 0 Å². The van der Waals surface area contributed by atoms with Crippen molar-refractivity contribution in [2.24, 2.45) is 0 Å². The van der Waals surface area contributed by atoms with Crippen LogP contribution in [0.4, 0.5) is 0 Å². The van der Waals surface area contributed by atoms with Crippen LogP contribution in [0.2, 0.25) is 0 Å². The van der Waals surface area contributed by atoms with Gasteiger partial charge in [-0.25, -0.2) is 9.59 Å². The van der Waals surface area contributed by atoms with E-state index in [-0.39, 0.29) is 12.0 Å². The smallest absolute Gasteiger partial charge is 0.345 e. The molecule has 74 valence electrons. The minimum Gasteiger partial charge on any atom is -0.478 e. The second kappa shape index (κ2) is 8.48. The first-order chi connectivity index (χ1) is 5.95. The van der Waals surface area contributed by atoms with Gasteiger partial charge in [0.1, 0.15) is 0 Å². The van der Waals surface area contributed by atoms with Gasteiger partial charge in [-0.3, -0.25) is 0 Å². The summed E-state index contributed by atoms with van der Waals surface area (Å²) in [5, 5.41) is 15.5. The van der Waals surface area contributed by atoms with Gasteiger partial charge in [0.05, 0.1) is 6.42 Å². The molecule has 0 saturated carbocycles. The third kappa shape index (κ3) is 13.4. The zero-order chi connectivity index (χ0) is 10.9. The maximum absolute atomic E-state index is 9.87. The fourth-order valence-corrected chi connectivity index (χ4v) is 0.155. The largest absolute Gasteiger partial charge is 0.478 e. The van der Waals surface area contributed by atoms with Crippen LogP contribution < -0.4 is 0 Å². The summed E-state index contributed by atoms with van der Waals surface area (Å²) in [6.45, 7) is 7.84. The number of hydrogen-bond acceptors (Lipinski definition) is 4. The fraction of sp³-hybridized carbons (Fsp3) is 0.250. The Morgan fingerprint density at radius 1 is 1.54 bits per heavy atom. The zero-order valence-electron chi connectivity index (χ0n) is 7.32. The van der Waals surface area contributed by atoms with Gasteiger partial charge in [-0.05, 0) is 6.92 Å². The lowest BCUT2D eigenvalue weighted by Crippen LogP contribution is -1.96. The number of carboxylic acids is 1. The molecule has 0 atom stereocenters. The van der Waals surface area contributed by atoms with Crippen LogP contribution in [0.15, 0.2) is 24.8 Å². The Morgan fingerprint density at radius 3 is 2.00 bits per heavy atom. The Labute approximate surface area is 75.9 Å². The Bertz CT molecular complexity index is 195. The molecule has 0 aromatic heterocycles. The number of carbonyl (C=O) groups is 2. The molecular formula is C8H12O5. The summed E-state index contributed by atoms with van der Waals surface area (Å²) >= 11 is 0. The second-order valence-corrected chi connectivity index (χ2v) is 2.04. The average Bonchev–Trinajstić information content (AvgIpc) is 2.05. The van der Waals surface area contributed by atoms with E-state index in [1.54, 1.807) is 0 Å². The lowest BCUT2D eigenvalue weighted by molar-refractivity contribution is -0.233. The standard InChI is InChI=1S/C4H6O3.C4H6O2/c1-2-3-4(5)7-6;1-3(2)4(5)6/h2,6H,1,3H2;1H2,2H3,(H,5,6). The van der Waals surface area contributed by atoms with E-state index in [2.05, 4.69) is 18.0 Å². The summed E-state index contributed by atoms with van der Waals surface area (Å²) < 4.78 is 0. The molecule has 2 N–H and O–H groups in total. The van der Waals surface area contributed by atoms with E-state index in [9.17, 15) is 9.59 Å². The van der Waals surface area contributed by atoms with Gasteiger partial charge >= 0.3 is 11.9 Å². The van der Waals surface area contributed by atoms with Crippen molar-refractivity contribution in [2.75, 3.05) is 0 Å². The van der Waals surface area contributed by atoms with Crippen LogP contribution in [0.1, 0.15) is 13.3 Å². The van der Waals surface area contributed by atoms with Crippen LogP contribution in [0.5, 0.6) is 0 Å². The minimum absolute atomic E-state index is 0.0521. The van der Waals surface area contributed by atoms with E-state index >= 15 is 0 Å². The highest BCUT2D eigenvalue weighted by molar-refractivity contribution is 5.84. The van der Waals surface area contributed by atoms with Crippen molar-refractivity contribution in [1.29, 1.82) is 0 Å². The molecule has 0 saturated heterocycles. The van der Waals surface area contributed by atoms with E-state index < -0.39 is 11.9 Å². The van der Waals surface area contributed by atoms with Gasteiger partial charge in [-0.1, -0.05) is 12.7 Å². The van der Waals surface area contributed by atoms with Gasteiger partial charge in [-0.15, -0.1) is 6.58 Å². The topological polar surface area (TPSA) is 83.8 Å². The summed E-state index contributed by atoms with van der Waals surface area (Å²) in [4.78, 5) is 22.7. The maximum Gasteiger partial charge on any atom is 0.345 e. The minimum atomic E-state index is -0.935. The molecular weight excluding hydrogens is 176 g/mol. The van der Waals surface area contributed by atoms with Crippen LogP contribution in [0.3, 0.4) is 0 Å². The number of rotatable bonds is 3. The molecule has 0 amide bonds. The molecule has 0 spiro atoms. The highest BCUT2D eigenvalue weighted by atomic mass is 17.1. The maximum atomic E-state index is 9.87. The SMILES string of the molecule is C=C(C)C(=O)O.C=CCC(=O)OO. The van der Waals surface area contributed by atoms with Crippen molar-refractivity contribution in [3.8, 4) is 0 Å². The van der Waals surface area contributed by atoms with Crippen LogP contribution in [-0.4, -0.2) is 22.3 Å². The summed E-state index contributed by atoms with van der Waals surface area (Å²) in [7, 11) is 0. The molecule has 0 heterocycles. The molecule has 0 radical (unpaired) electrons. The quantitative estimate of drug-likeness (QED) is 0.301. The van der Waals surface area contributed by atoms with Crippen LogP contribution in [0, 0.1) is 0 Å². The van der Waals surface area contributed by atoms with Crippen molar-refractivity contribution in [3.05, 3.63) is 24.8 Å². The molecule has 0 aliphatic heterocycles. The van der Waals surface area contributed by atoms with E-state index in [1.807, 2.05) is 0 Å². The molecule has 0 fully saturated rings. The highest BCUT2D eigenvalue weighted by Gasteiger charge is 1.93. The monoisotopic (exact) mass is 188 g/mol. The number of carboxylic acid groups (broad SMARTS) is 1. The van der Waals surface area contributed by atoms with Gasteiger partial charge in [-0.2, -0.15) is 5.26 Å². The molecule has 0 bridgehead atoms. The van der Waals surface area contributed by atoms with E-state index in [4.69, 9.17) is 10.4 Å². The third-order valence-electron chi connectivity index (χ3n) is 0.778.